The number of aliphatic hydroxyl groups excluding tert-OH is 1. The molecule has 1 aliphatic rings. The number of benzene rings is 1. The zero-order valence-electron chi connectivity index (χ0n) is 12.6. The van der Waals surface area contributed by atoms with E-state index in [1.165, 1.54) is 0 Å². The summed E-state index contributed by atoms with van der Waals surface area (Å²) < 4.78 is 5.35. The van der Waals surface area contributed by atoms with Crippen molar-refractivity contribution in [2.24, 2.45) is 5.92 Å². The summed E-state index contributed by atoms with van der Waals surface area (Å²) in [6.07, 6.45) is 5.06. The number of hydrogen-bond acceptors (Lipinski definition) is 3. The van der Waals surface area contributed by atoms with E-state index in [1.807, 2.05) is 30.3 Å². The Balaban J connectivity index is 1.81. The maximum absolute atomic E-state index is 12.2. The highest BCUT2D eigenvalue weighted by atomic mass is 16.5. The highest BCUT2D eigenvalue weighted by molar-refractivity contribution is 5.76. The first kappa shape index (κ1) is 16.0. The van der Waals surface area contributed by atoms with Crippen LogP contribution in [0.4, 0.5) is 0 Å². The fourth-order valence-electron chi connectivity index (χ4n) is 3.01. The van der Waals surface area contributed by atoms with E-state index in [9.17, 15) is 9.90 Å². The Hall–Kier alpha value is -1.39. The molecule has 2 N–H and O–H groups in total. The molecule has 1 fully saturated rings. The molecule has 0 bridgehead atoms. The monoisotopic (exact) mass is 291 g/mol. The second kappa shape index (κ2) is 8.15. The Kier molecular flexibility index (Phi) is 6.21. The number of amides is 1. The van der Waals surface area contributed by atoms with Crippen LogP contribution in [0.5, 0.6) is 0 Å². The summed E-state index contributed by atoms with van der Waals surface area (Å²) in [4.78, 5) is 12.2. The maximum Gasteiger partial charge on any atom is 0.220 e. The molecule has 0 heterocycles. The molecule has 4 heteroatoms. The van der Waals surface area contributed by atoms with Crippen LogP contribution in [0.1, 0.15) is 43.7 Å². The number of methoxy groups -OCH3 is 1. The zero-order chi connectivity index (χ0) is 15.1. The summed E-state index contributed by atoms with van der Waals surface area (Å²) in [7, 11) is 1.75. The van der Waals surface area contributed by atoms with Crippen LogP contribution < -0.4 is 5.32 Å². The highest BCUT2D eigenvalue weighted by Crippen LogP contribution is 2.28. The molecule has 2 rings (SSSR count). The Labute approximate surface area is 126 Å². The average molecular weight is 291 g/mol. The van der Waals surface area contributed by atoms with Crippen LogP contribution >= 0.6 is 0 Å². The molecule has 1 unspecified atom stereocenters. The summed E-state index contributed by atoms with van der Waals surface area (Å²) in [5.74, 6) is 0.463. The molecule has 1 saturated carbocycles. The van der Waals surface area contributed by atoms with Gasteiger partial charge in [-0.3, -0.25) is 4.79 Å². The van der Waals surface area contributed by atoms with Gasteiger partial charge in [-0.05, 0) is 37.2 Å². The Morgan fingerprint density at radius 2 is 1.95 bits per heavy atom. The molecule has 4 nitrogen and oxygen atoms in total. The summed E-state index contributed by atoms with van der Waals surface area (Å²) in [6.45, 7) is -0.0772. The normalized spacial score (nSPS) is 23.5. The van der Waals surface area contributed by atoms with Gasteiger partial charge in [-0.15, -0.1) is 0 Å². The van der Waals surface area contributed by atoms with Crippen molar-refractivity contribution in [1.82, 2.24) is 5.32 Å². The average Bonchev–Trinajstić information content (AvgIpc) is 2.54. The predicted molar refractivity (Wildman–Crippen MR) is 81.8 cm³/mol. The van der Waals surface area contributed by atoms with Crippen LogP contribution in [0.2, 0.25) is 0 Å². The number of rotatable bonds is 6. The predicted octanol–water partition coefficient (Wildman–Crippen LogP) is 2.43. The van der Waals surface area contributed by atoms with Gasteiger partial charge < -0.3 is 15.2 Å². The minimum atomic E-state index is -0.311. The second-order valence-corrected chi connectivity index (χ2v) is 5.80. The molecular formula is C17H25NO3. The first-order valence-corrected chi connectivity index (χ1v) is 7.71. The number of carbonyl (C=O) groups is 1. The summed E-state index contributed by atoms with van der Waals surface area (Å²) in [5, 5.41) is 12.4. The number of aliphatic hydroxyl groups is 1. The smallest absolute Gasteiger partial charge is 0.220 e. The van der Waals surface area contributed by atoms with Crippen LogP contribution in [-0.2, 0) is 9.53 Å². The van der Waals surface area contributed by atoms with Gasteiger partial charge in [-0.25, -0.2) is 0 Å². The second-order valence-electron chi connectivity index (χ2n) is 5.80. The van der Waals surface area contributed by atoms with E-state index in [1.54, 1.807) is 7.11 Å². The summed E-state index contributed by atoms with van der Waals surface area (Å²) >= 11 is 0. The van der Waals surface area contributed by atoms with E-state index < -0.39 is 0 Å². The van der Waals surface area contributed by atoms with Crippen molar-refractivity contribution in [2.75, 3.05) is 13.7 Å². The van der Waals surface area contributed by atoms with Gasteiger partial charge in [0.05, 0.1) is 18.8 Å². The largest absolute Gasteiger partial charge is 0.394 e. The Bertz CT molecular complexity index is 427. The lowest BCUT2D eigenvalue weighted by molar-refractivity contribution is -0.123. The van der Waals surface area contributed by atoms with E-state index >= 15 is 0 Å². The molecule has 1 aromatic carbocycles. The Morgan fingerprint density at radius 1 is 1.29 bits per heavy atom. The lowest BCUT2D eigenvalue weighted by atomic mass is 9.85. The van der Waals surface area contributed by atoms with Crippen molar-refractivity contribution in [3.05, 3.63) is 35.9 Å². The van der Waals surface area contributed by atoms with Crippen molar-refractivity contribution in [3.63, 3.8) is 0 Å². The van der Waals surface area contributed by atoms with E-state index in [0.717, 1.165) is 31.2 Å². The number of nitrogens with one attached hydrogen (secondary N) is 1. The third-order valence-electron chi connectivity index (χ3n) is 4.32. The van der Waals surface area contributed by atoms with Gasteiger partial charge >= 0.3 is 0 Å². The topological polar surface area (TPSA) is 58.6 Å². The first-order valence-electron chi connectivity index (χ1n) is 7.71. The molecule has 0 aromatic heterocycles. The number of carbonyl (C=O) groups excluding carboxylic acids is 1. The first-order chi connectivity index (χ1) is 10.2. The molecule has 1 amide bonds. The molecule has 1 atom stereocenters. The van der Waals surface area contributed by atoms with Gasteiger partial charge in [0.15, 0.2) is 0 Å². The van der Waals surface area contributed by atoms with Crippen LogP contribution in [0.25, 0.3) is 0 Å². The maximum atomic E-state index is 12.2. The highest BCUT2D eigenvalue weighted by Gasteiger charge is 2.23. The van der Waals surface area contributed by atoms with Gasteiger partial charge in [0, 0.05) is 13.5 Å². The van der Waals surface area contributed by atoms with Crippen LogP contribution in [0.3, 0.4) is 0 Å². The molecule has 0 spiro atoms. The van der Waals surface area contributed by atoms with Crippen molar-refractivity contribution >= 4 is 5.91 Å². The molecule has 0 radical (unpaired) electrons. The van der Waals surface area contributed by atoms with Crippen molar-refractivity contribution in [1.29, 1.82) is 0 Å². The fourth-order valence-corrected chi connectivity index (χ4v) is 3.01. The van der Waals surface area contributed by atoms with Gasteiger partial charge in [0.25, 0.3) is 0 Å². The number of hydrogen-bond donors (Lipinski definition) is 2. The lowest BCUT2D eigenvalue weighted by Gasteiger charge is -2.27. The van der Waals surface area contributed by atoms with Gasteiger partial charge in [0.1, 0.15) is 0 Å². The van der Waals surface area contributed by atoms with Gasteiger partial charge in [0.2, 0.25) is 5.91 Å². The van der Waals surface area contributed by atoms with Gasteiger partial charge in [-0.2, -0.15) is 0 Å². The quantitative estimate of drug-likeness (QED) is 0.846. The van der Waals surface area contributed by atoms with E-state index in [-0.39, 0.29) is 18.6 Å². The minimum absolute atomic E-state index is 0.0266. The Morgan fingerprint density at radius 3 is 2.52 bits per heavy atom. The van der Waals surface area contributed by atoms with Crippen LogP contribution in [-0.4, -0.2) is 30.8 Å². The van der Waals surface area contributed by atoms with Crippen LogP contribution in [0, 0.1) is 5.92 Å². The number of ether oxygens (including phenoxy) is 1. The van der Waals surface area contributed by atoms with Crippen molar-refractivity contribution in [2.45, 2.75) is 44.2 Å². The molecule has 21 heavy (non-hydrogen) atoms. The molecule has 116 valence electrons. The summed E-state index contributed by atoms with van der Waals surface area (Å²) in [6, 6.07) is 9.28. The fraction of sp³-hybridized carbons (Fsp3) is 0.588. The van der Waals surface area contributed by atoms with E-state index in [4.69, 9.17) is 4.74 Å². The molecule has 0 aliphatic heterocycles. The zero-order valence-corrected chi connectivity index (χ0v) is 12.6. The third kappa shape index (κ3) is 4.83. The lowest BCUT2D eigenvalue weighted by Crippen LogP contribution is -2.33. The SMILES string of the molecule is COC1CCC(CC(=O)NC(CO)c2ccccc2)CC1. The minimum Gasteiger partial charge on any atom is -0.394 e. The molecular weight excluding hydrogens is 266 g/mol. The van der Waals surface area contributed by atoms with Gasteiger partial charge in [-0.1, -0.05) is 30.3 Å². The molecule has 1 aliphatic carbocycles. The standard InChI is InChI=1S/C17H25NO3/c1-21-15-9-7-13(8-10-15)11-17(20)18-16(12-19)14-5-3-2-4-6-14/h2-6,13,15-16,19H,7-12H2,1H3,(H,18,20). The molecule has 1 aromatic rings. The van der Waals surface area contributed by atoms with Crippen molar-refractivity contribution < 1.29 is 14.6 Å². The van der Waals surface area contributed by atoms with Crippen LogP contribution in [0.15, 0.2) is 30.3 Å². The van der Waals surface area contributed by atoms with E-state index in [2.05, 4.69) is 5.32 Å². The summed E-state index contributed by atoms with van der Waals surface area (Å²) in [5.41, 5.74) is 0.941. The van der Waals surface area contributed by atoms with Crippen molar-refractivity contribution in [3.8, 4) is 0 Å². The third-order valence-corrected chi connectivity index (χ3v) is 4.32. The van der Waals surface area contributed by atoms with E-state index in [0.29, 0.717) is 18.4 Å². The molecule has 0 saturated heterocycles.